The summed E-state index contributed by atoms with van der Waals surface area (Å²) in [5.41, 5.74) is 5.75. The van der Waals surface area contributed by atoms with Crippen LogP contribution in [0, 0.1) is 29.6 Å². The van der Waals surface area contributed by atoms with Crippen molar-refractivity contribution in [1.29, 1.82) is 10.5 Å². The summed E-state index contributed by atoms with van der Waals surface area (Å²) in [4.78, 5) is 4.74. The number of benzene rings is 3. The summed E-state index contributed by atoms with van der Waals surface area (Å²) in [6.07, 6.45) is 0. The molecule has 1 heterocycles. The summed E-state index contributed by atoms with van der Waals surface area (Å²) in [5, 5.41) is 28.6. The van der Waals surface area contributed by atoms with Crippen LogP contribution in [0.1, 0.15) is 39.9 Å². The number of rotatable bonds is 5. The predicted octanol–water partition coefficient (Wildman–Crippen LogP) is 4.34. The van der Waals surface area contributed by atoms with Gasteiger partial charge < -0.3 is 10.0 Å². The lowest BCUT2D eigenvalue weighted by Crippen LogP contribution is -2.50. The topological polar surface area (TPSA) is 74.3 Å². The van der Waals surface area contributed by atoms with Gasteiger partial charge in [-0.2, -0.15) is 10.5 Å². The summed E-state index contributed by atoms with van der Waals surface area (Å²) < 4.78 is 0. The summed E-state index contributed by atoms with van der Waals surface area (Å²) >= 11 is 0. The number of nitrogens with zero attached hydrogens (tertiary/aromatic N) is 4. The fourth-order valence-corrected chi connectivity index (χ4v) is 4.59. The number of piperazine rings is 1. The van der Waals surface area contributed by atoms with Gasteiger partial charge in [0, 0.05) is 25.3 Å². The molecule has 5 heteroatoms. The van der Waals surface area contributed by atoms with Crippen LogP contribution in [0.15, 0.2) is 72.8 Å². The third-order valence-electron chi connectivity index (χ3n) is 6.27. The van der Waals surface area contributed by atoms with E-state index in [-0.39, 0.29) is 18.7 Å². The minimum atomic E-state index is -0.127. The third kappa shape index (κ3) is 4.36. The smallest absolute Gasteiger partial charge is 0.0991 e. The van der Waals surface area contributed by atoms with Crippen LogP contribution in [0.2, 0.25) is 0 Å². The molecule has 0 radical (unpaired) electrons. The van der Waals surface area contributed by atoms with E-state index < -0.39 is 0 Å². The van der Waals surface area contributed by atoms with Crippen LogP contribution in [-0.4, -0.2) is 36.2 Å². The van der Waals surface area contributed by atoms with Gasteiger partial charge in [-0.25, -0.2) is 0 Å². The molecule has 0 unspecified atom stereocenters. The highest BCUT2D eigenvalue weighted by Gasteiger charge is 2.33. The second kappa shape index (κ2) is 9.66. The number of aliphatic hydroxyl groups is 1. The molecule has 0 saturated carbocycles. The van der Waals surface area contributed by atoms with E-state index in [4.69, 9.17) is 5.26 Å². The maximum Gasteiger partial charge on any atom is 0.0991 e. The average Bonchev–Trinajstić information content (AvgIpc) is 2.85. The van der Waals surface area contributed by atoms with Gasteiger partial charge >= 0.3 is 0 Å². The number of aryl methyl sites for hydroxylation is 1. The van der Waals surface area contributed by atoms with Gasteiger partial charge in [0.05, 0.1) is 42.0 Å². The Morgan fingerprint density at radius 2 is 1.62 bits per heavy atom. The summed E-state index contributed by atoms with van der Waals surface area (Å²) in [6, 6.07) is 28.2. The first-order valence-corrected chi connectivity index (χ1v) is 10.8. The molecule has 0 aromatic heterocycles. The van der Waals surface area contributed by atoms with Gasteiger partial charge in [0.1, 0.15) is 0 Å². The molecule has 0 amide bonds. The van der Waals surface area contributed by atoms with Gasteiger partial charge in [-0.1, -0.05) is 42.5 Å². The normalized spacial score (nSPS) is 17.4. The molecule has 0 spiro atoms. The number of nitriles is 2. The Morgan fingerprint density at radius 3 is 2.25 bits per heavy atom. The Labute approximate surface area is 189 Å². The maximum absolute atomic E-state index is 10.2. The number of hydrogen-bond acceptors (Lipinski definition) is 5. The molecule has 0 aliphatic carbocycles. The monoisotopic (exact) mass is 422 g/mol. The van der Waals surface area contributed by atoms with Crippen molar-refractivity contribution in [2.24, 2.45) is 0 Å². The minimum absolute atomic E-state index is 0.0172. The molecule has 0 bridgehead atoms. The van der Waals surface area contributed by atoms with Gasteiger partial charge in [-0.05, 0) is 53.9 Å². The fraction of sp³-hybridized carbons (Fsp3) is 0.259. The Morgan fingerprint density at radius 1 is 0.938 bits per heavy atom. The van der Waals surface area contributed by atoms with Gasteiger partial charge in [0.25, 0.3) is 0 Å². The van der Waals surface area contributed by atoms with Crippen molar-refractivity contribution in [1.82, 2.24) is 4.90 Å². The minimum Gasteiger partial charge on any atom is -0.394 e. The molecule has 1 aliphatic heterocycles. The van der Waals surface area contributed by atoms with Crippen LogP contribution in [0.5, 0.6) is 0 Å². The van der Waals surface area contributed by atoms with E-state index in [1.54, 1.807) is 0 Å². The molecular weight excluding hydrogens is 396 g/mol. The van der Waals surface area contributed by atoms with Crippen LogP contribution in [-0.2, 0) is 0 Å². The van der Waals surface area contributed by atoms with E-state index in [1.165, 1.54) is 5.56 Å². The number of hydrogen-bond donors (Lipinski definition) is 1. The highest BCUT2D eigenvalue weighted by molar-refractivity contribution is 5.58. The lowest BCUT2D eigenvalue weighted by atomic mass is 9.97. The van der Waals surface area contributed by atoms with E-state index in [0.717, 1.165) is 36.4 Å². The van der Waals surface area contributed by atoms with E-state index in [2.05, 4.69) is 53.1 Å². The molecule has 32 heavy (non-hydrogen) atoms. The molecule has 160 valence electrons. The fourth-order valence-electron chi connectivity index (χ4n) is 4.59. The third-order valence-corrected chi connectivity index (χ3v) is 6.27. The molecule has 1 N–H and O–H groups in total. The van der Waals surface area contributed by atoms with E-state index in [0.29, 0.717) is 11.1 Å². The molecule has 2 atom stereocenters. The second-order valence-electron chi connectivity index (χ2n) is 8.16. The summed E-state index contributed by atoms with van der Waals surface area (Å²) in [6.45, 7) is 4.43. The van der Waals surface area contributed by atoms with E-state index >= 15 is 0 Å². The lowest BCUT2D eigenvalue weighted by Gasteiger charge is -2.46. The SMILES string of the molecule is Cc1cc(C#N)ccc1N1CCN([C@H](CO)c2ccc(C#N)cc2)C[C@H]1c1ccccc1. The molecule has 4 rings (SSSR count). The number of aliphatic hydroxyl groups excluding tert-OH is 1. The van der Waals surface area contributed by atoms with Crippen molar-refractivity contribution in [3.8, 4) is 12.1 Å². The largest absolute Gasteiger partial charge is 0.394 e. The average molecular weight is 423 g/mol. The quantitative estimate of drug-likeness (QED) is 0.662. The standard InChI is InChI=1S/C27H26N4O/c1-20-15-22(17-29)9-12-25(20)31-14-13-30(18-26(31)23-5-3-2-4-6-23)27(19-32)24-10-7-21(16-28)8-11-24/h2-12,15,26-27,32H,13-14,18-19H2,1H3/t26-,27+/m0/s1. The van der Waals surface area contributed by atoms with Gasteiger partial charge in [-0.15, -0.1) is 0 Å². The molecule has 5 nitrogen and oxygen atoms in total. The van der Waals surface area contributed by atoms with Crippen molar-refractivity contribution < 1.29 is 5.11 Å². The Kier molecular flexibility index (Phi) is 6.52. The molecule has 3 aromatic rings. The first kappa shape index (κ1) is 21.6. The van der Waals surface area contributed by atoms with Crippen molar-refractivity contribution in [3.05, 3.63) is 101 Å². The van der Waals surface area contributed by atoms with Gasteiger partial charge in [0.2, 0.25) is 0 Å². The van der Waals surface area contributed by atoms with Crippen LogP contribution in [0.4, 0.5) is 5.69 Å². The van der Waals surface area contributed by atoms with E-state index in [9.17, 15) is 10.4 Å². The van der Waals surface area contributed by atoms with Crippen LogP contribution in [0.25, 0.3) is 0 Å². The predicted molar refractivity (Wildman–Crippen MR) is 125 cm³/mol. The highest BCUT2D eigenvalue weighted by Crippen LogP contribution is 2.35. The maximum atomic E-state index is 10.2. The summed E-state index contributed by atoms with van der Waals surface area (Å²) in [5.74, 6) is 0. The summed E-state index contributed by atoms with van der Waals surface area (Å²) in [7, 11) is 0. The Hall–Kier alpha value is -3.64. The highest BCUT2D eigenvalue weighted by atomic mass is 16.3. The van der Waals surface area contributed by atoms with Crippen molar-refractivity contribution in [2.45, 2.75) is 19.0 Å². The zero-order valence-electron chi connectivity index (χ0n) is 18.1. The van der Waals surface area contributed by atoms with Crippen molar-refractivity contribution >= 4 is 5.69 Å². The van der Waals surface area contributed by atoms with E-state index in [1.807, 2.05) is 48.5 Å². The van der Waals surface area contributed by atoms with Crippen LogP contribution >= 0.6 is 0 Å². The Bertz CT molecular complexity index is 1150. The molecule has 1 fully saturated rings. The molecular formula is C27H26N4O. The molecule has 1 saturated heterocycles. The lowest BCUT2D eigenvalue weighted by molar-refractivity contribution is 0.103. The van der Waals surface area contributed by atoms with Crippen molar-refractivity contribution in [3.63, 3.8) is 0 Å². The second-order valence-corrected chi connectivity index (χ2v) is 8.16. The van der Waals surface area contributed by atoms with Crippen LogP contribution in [0.3, 0.4) is 0 Å². The first-order valence-electron chi connectivity index (χ1n) is 10.8. The molecule has 1 aliphatic rings. The Balaban J connectivity index is 1.66. The molecule has 3 aromatic carbocycles. The van der Waals surface area contributed by atoms with Crippen LogP contribution < -0.4 is 4.90 Å². The van der Waals surface area contributed by atoms with Crippen molar-refractivity contribution in [2.75, 3.05) is 31.1 Å². The first-order chi connectivity index (χ1) is 15.6. The van der Waals surface area contributed by atoms with Gasteiger partial charge in [0.15, 0.2) is 0 Å². The number of anilines is 1. The zero-order chi connectivity index (χ0) is 22.5. The van der Waals surface area contributed by atoms with Gasteiger partial charge in [-0.3, -0.25) is 4.90 Å². The zero-order valence-corrected chi connectivity index (χ0v) is 18.1.